The van der Waals surface area contributed by atoms with Gasteiger partial charge in [0.05, 0.1) is 16.3 Å². The summed E-state index contributed by atoms with van der Waals surface area (Å²) >= 11 is 15.7. The van der Waals surface area contributed by atoms with Gasteiger partial charge in [0, 0.05) is 22.8 Å². The highest BCUT2D eigenvalue weighted by Crippen LogP contribution is 2.35. The van der Waals surface area contributed by atoms with Crippen LogP contribution in [0.25, 0.3) is 5.82 Å². The Hall–Kier alpha value is -2.42. The second-order valence-corrected chi connectivity index (χ2v) is 9.34. The van der Waals surface area contributed by atoms with Crippen molar-refractivity contribution in [2.24, 2.45) is 0 Å². The molecule has 0 aliphatic heterocycles. The molecule has 1 aromatic carbocycles. The molecule has 2 amide bonds. The van der Waals surface area contributed by atoms with Crippen molar-refractivity contribution in [1.29, 1.82) is 0 Å². The predicted molar refractivity (Wildman–Crippen MR) is 123 cm³/mol. The lowest BCUT2D eigenvalue weighted by molar-refractivity contribution is 0.0936. The number of rotatable bonds is 5. The SMILES string of the molecule is Cc1cc(Cl)cc(C(=O)NC2(C)CC2)c1NC(=O)c1cc(Br)nn1-c1ncccc1Cl. The van der Waals surface area contributed by atoms with Gasteiger partial charge in [0.2, 0.25) is 0 Å². The fourth-order valence-corrected chi connectivity index (χ4v) is 3.98. The molecule has 1 aliphatic rings. The number of pyridine rings is 1. The third-order valence-corrected chi connectivity index (χ3v) is 5.95. The Balaban J connectivity index is 1.70. The molecule has 160 valence electrons. The summed E-state index contributed by atoms with van der Waals surface area (Å²) in [6.45, 7) is 3.76. The van der Waals surface area contributed by atoms with E-state index in [0.29, 0.717) is 37.3 Å². The van der Waals surface area contributed by atoms with Crippen LogP contribution >= 0.6 is 39.1 Å². The molecule has 0 unspecified atom stereocenters. The maximum absolute atomic E-state index is 13.2. The number of carbonyl (C=O) groups excluding carboxylic acids is 2. The van der Waals surface area contributed by atoms with E-state index in [2.05, 4.69) is 36.6 Å². The van der Waals surface area contributed by atoms with Gasteiger partial charge in [-0.3, -0.25) is 9.59 Å². The zero-order chi connectivity index (χ0) is 22.3. The van der Waals surface area contributed by atoms with Gasteiger partial charge in [0.25, 0.3) is 11.8 Å². The molecule has 2 heterocycles. The molecule has 2 N–H and O–H groups in total. The van der Waals surface area contributed by atoms with Gasteiger partial charge in [0.1, 0.15) is 10.3 Å². The molecule has 1 fully saturated rings. The van der Waals surface area contributed by atoms with E-state index in [4.69, 9.17) is 23.2 Å². The van der Waals surface area contributed by atoms with Crippen LogP contribution in [-0.2, 0) is 0 Å². The van der Waals surface area contributed by atoms with Crippen LogP contribution in [0.2, 0.25) is 10.0 Å². The smallest absolute Gasteiger partial charge is 0.274 e. The molecule has 0 radical (unpaired) electrons. The maximum Gasteiger partial charge on any atom is 0.274 e. The van der Waals surface area contributed by atoms with Crippen molar-refractivity contribution in [1.82, 2.24) is 20.1 Å². The summed E-state index contributed by atoms with van der Waals surface area (Å²) in [6.07, 6.45) is 3.39. The van der Waals surface area contributed by atoms with E-state index < -0.39 is 5.91 Å². The molecule has 0 bridgehead atoms. The lowest BCUT2D eigenvalue weighted by Crippen LogP contribution is -2.35. The Labute approximate surface area is 197 Å². The molecular formula is C21H18BrCl2N5O2. The summed E-state index contributed by atoms with van der Waals surface area (Å²) in [5, 5.41) is 10.9. The van der Waals surface area contributed by atoms with E-state index in [9.17, 15) is 9.59 Å². The number of halogens is 3. The highest BCUT2D eigenvalue weighted by atomic mass is 79.9. The number of nitrogens with one attached hydrogen (secondary N) is 2. The Kier molecular flexibility index (Phi) is 5.81. The van der Waals surface area contributed by atoms with Crippen molar-refractivity contribution in [3.63, 3.8) is 0 Å². The van der Waals surface area contributed by atoms with Crippen LogP contribution in [0.15, 0.2) is 41.1 Å². The van der Waals surface area contributed by atoms with Gasteiger partial charge in [-0.2, -0.15) is 5.10 Å². The summed E-state index contributed by atoms with van der Waals surface area (Å²) in [7, 11) is 0. The number of hydrogen-bond acceptors (Lipinski definition) is 4. The first-order valence-electron chi connectivity index (χ1n) is 9.47. The molecule has 3 aromatic rings. The summed E-state index contributed by atoms with van der Waals surface area (Å²) in [5.74, 6) is -0.451. The second-order valence-electron chi connectivity index (χ2n) is 7.69. The van der Waals surface area contributed by atoms with E-state index in [1.54, 1.807) is 43.5 Å². The van der Waals surface area contributed by atoms with Gasteiger partial charge in [-0.15, -0.1) is 0 Å². The molecule has 1 saturated carbocycles. The molecule has 0 spiro atoms. The monoisotopic (exact) mass is 521 g/mol. The Morgan fingerprint density at radius 1 is 1.19 bits per heavy atom. The number of carbonyl (C=O) groups is 2. The molecule has 31 heavy (non-hydrogen) atoms. The zero-order valence-corrected chi connectivity index (χ0v) is 19.8. The fraction of sp³-hybridized carbons (Fsp3) is 0.238. The van der Waals surface area contributed by atoms with E-state index in [0.717, 1.165) is 12.8 Å². The molecule has 7 nitrogen and oxygen atoms in total. The van der Waals surface area contributed by atoms with Crippen molar-refractivity contribution in [2.75, 3.05) is 5.32 Å². The second kappa shape index (κ2) is 8.26. The lowest BCUT2D eigenvalue weighted by Gasteiger charge is -2.17. The minimum absolute atomic E-state index is 0.197. The van der Waals surface area contributed by atoms with Crippen LogP contribution in [0.5, 0.6) is 0 Å². The van der Waals surface area contributed by atoms with E-state index in [-0.39, 0.29) is 17.1 Å². The van der Waals surface area contributed by atoms with Crippen LogP contribution in [0.1, 0.15) is 46.2 Å². The van der Waals surface area contributed by atoms with Gasteiger partial charge in [0.15, 0.2) is 5.82 Å². The first-order chi connectivity index (χ1) is 14.7. The van der Waals surface area contributed by atoms with Crippen LogP contribution in [-0.4, -0.2) is 32.1 Å². The van der Waals surface area contributed by atoms with Crippen LogP contribution in [0, 0.1) is 6.92 Å². The Morgan fingerprint density at radius 2 is 1.94 bits per heavy atom. The highest BCUT2D eigenvalue weighted by Gasteiger charge is 2.39. The number of benzene rings is 1. The highest BCUT2D eigenvalue weighted by molar-refractivity contribution is 9.10. The molecule has 0 saturated heterocycles. The molecule has 2 aromatic heterocycles. The summed E-state index contributed by atoms with van der Waals surface area (Å²) in [6, 6.07) is 8.14. The quantitative estimate of drug-likeness (QED) is 0.483. The normalized spacial score (nSPS) is 14.2. The van der Waals surface area contributed by atoms with Crippen molar-refractivity contribution in [2.45, 2.75) is 32.2 Å². The number of nitrogens with zero attached hydrogens (tertiary/aromatic N) is 3. The topological polar surface area (TPSA) is 88.9 Å². The average molecular weight is 523 g/mol. The lowest BCUT2D eigenvalue weighted by atomic mass is 10.1. The van der Waals surface area contributed by atoms with E-state index >= 15 is 0 Å². The zero-order valence-electron chi connectivity index (χ0n) is 16.7. The minimum atomic E-state index is -0.475. The summed E-state index contributed by atoms with van der Waals surface area (Å²) < 4.78 is 1.78. The van der Waals surface area contributed by atoms with Crippen molar-refractivity contribution < 1.29 is 9.59 Å². The largest absolute Gasteiger partial charge is 0.347 e. The number of amides is 2. The minimum Gasteiger partial charge on any atom is -0.347 e. The van der Waals surface area contributed by atoms with Gasteiger partial charge in [-0.05, 0) is 72.4 Å². The fourth-order valence-electron chi connectivity index (χ4n) is 3.13. The number of aryl methyl sites for hydroxylation is 1. The van der Waals surface area contributed by atoms with Gasteiger partial charge in [-0.25, -0.2) is 9.67 Å². The number of hydrogen-bond donors (Lipinski definition) is 2. The molecule has 4 rings (SSSR count). The third-order valence-electron chi connectivity index (χ3n) is 5.05. The molecule has 1 aliphatic carbocycles. The summed E-state index contributed by atoms with van der Waals surface area (Å²) in [5.41, 5.74) is 1.32. The number of anilines is 1. The first kappa shape index (κ1) is 21.8. The van der Waals surface area contributed by atoms with Crippen molar-refractivity contribution in [3.8, 4) is 5.82 Å². The van der Waals surface area contributed by atoms with Crippen LogP contribution < -0.4 is 10.6 Å². The van der Waals surface area contributed by atoms with E-state index in [1.165, 1.54) is 4.68 Å². The summed E-state index contributed by atoms with van der Waals surface area (Å²) in [4.78, 5) is 30.3. The maximum atomic E-state index is 13.2. The third kappa shape index (κ3) is 4.61. The van der Waals surface area contributed by atoms with Crippen LogP contribution in [0.3, 0.4) is 0 Å². The number of aromatic nitrogens is 3. The Morgan fingerprint density at radius 3 is 2.61 bits per heavy atom. The Bertz CT molecular complexity index is 1210. The molecular weight excluding hydrogens is 505 g/mol. The van der Waals surface area contributed by atoms with Crippen LogP contribution in [0.4, 0.5) is 5.69 Å². The standard InChI is InChI=1S/C21H18BrCl2N5O2/c1-11-8-12(23)9-13(19(30)27-21(2)5-6-21)17(11)26-20(31)15-10-16(22)28-29(15)18-14(24)4-3-7-25-18/h3-4,7-10H,5-6H2,1-2H3,(H,26,31)(H,27,30). The van der Waals surface area contributed by atoms with Crippen molar-refractivity contribution in [3.05, 3.63) is 68.0 Å². The first-order valence-corrected chi connectivity index (χ1v) is 11.0. The van der Waals surface area contributed by atoms with Gasteiger partial charge in [-0.1, -0.05) is 23.2 Å². The predicted octanol–water partition coefficient (Wildman–Crippen LogP) is 5.18. The van der Waals surface area contributed by atoms with Gasteiger partial charge < -0.3 is 10.6 Å². The average Bonchev–Trinajstić information content (AvgIpc) is 3.29. The van der Waals surface area contributed by atoms with Crippen molar-refractivity contribution >= 4 is 56.6 Å². The van der Waals surface area contributed by atoms with E-state index in [1.807, 2.05) is 6.92 Å². The van der Waals surface area contributed by atoms with Gasteiger partial charge >= 0.3 is 0 Å². The molecule has 0 atom stereocenters. The molecule has 10 heteroatoms.